The van der Waals surface area contributed by atoms with Crippen LogP contribution in [0.25, 0.3) is 0 Å². The molecule has 0 aliphatic carbocycles. The molecule has 1 aromatic rings. The maximum Gasteiger partial charge on any atom is 0.0823 e. The Morgan fingerprint density at radius 3 is 2.12 bits per heavy atom. The quantitative estimate of drug-likeness (QED) is 0.852. The van der Waals surface area contributed by atoms with Gasteiger partial charge in [0.1, 0.15) is 0 Å². The van der Waals surface area contributed by atoms with Crippen molar-refractivity contribution in [2.75, 3.05) is 0 Å². The minimum absolute atomic E-state index is 0.143. The Balaban J connectivity index is 3.10. The molecule has 1 atom stereocenters. The molecule has 0 spiro atoms. The van der Waals surface area contributed by atoms with Crippen molar-refractivity contribution < 1.29 is 5.11 Å². The van der Waals surface area contributed by atoms with E-state index >= 15 is 0 Å². The highest BCUT2D eigenvalue weighted by atomic mass is 79.9. The predicted molar refractivity (Wildman–Crippen MR) is 72.6 cm³/mol. The first kappa shape index (κ1) is 13.7. The molecule has 0 bridgehead atoms. The monoisotopic (exact) mass is 284 g/mol. The molecule has 0 amide bonds. The number of hydrogen-bond acceptors (Lipinski definition) is 1. The van der Waals surface area contributed by atoms with Crippen LogP contribution in [-0.4, -0.2) is 5.11 Å². The third-order valence-corrected chi connectivity index (χ3v) is 3.50. The van der Waals surface area contributed by atoms with Crippen molar-refractivity contribution >= 4 is 15.9 Å². The van der Waals surface area contributed by atoms with Crippen molar-refractivity contribution in [3.05, 3.63) is 33.8 Å². The summed E-state index contributed by atoms with van der Waals surface area (Å²) in [6, 6.07) is 6.24. The van der Waals surface area contributed by atoms with Crippen molar-refractivity contribution in [3.8, 4) is 0 Å². The third-order valence-electron chi connectivity index (χ3n) is 2.82. The molecule has 0 aliphatic heterocycles. The van der Waals surface area contributed by atoms with E-state index in [1.807, 2.05) is 19.9 Å². The normalized spacial score (nSPS) is 14.2. The fraction of sp³-hybridized carbons (Fsp3) is 0.571. The molecule has 2 heteroatoms. The Bertz CT molecular complexity index is 363. The average molecular weight is 285 g/mol. The Hall–Kier alpha value is -0.340. The summed E-state index contributed by atoms with van der Waals surface area (Å²) in [4.78, 5) is 0. The predicted octanol–water partition coefficient (Wildman–Crippen LogP) is 4.44. The van der Waals surface area contributed by atoms with E-state index in [2.05, 4.69) is 48.8 Å². The van der Waals surface area contributed by atoms with E-state index in [-0.39, 0.29) is 11.3 Å². The molecule has 1 rings (SSSR count). The molecule has 1 nitrogen and oxygen atoms in total. The molecule has 1 aromatic carbocycles. The van der Waals surface area contributed by atoms with Gasteiger partial charge in [0.25, 0.3) is 0 Å². The highest BCUT2D eigenvalue weighted by molar-refractivity contribution is 9.10. The zero-order valence-corrected chi connectivity index (χ0v) is 12.3. The molecule has 0 aromatic heterocycles. The standard InChI is InChI=1S/C14H21BrO/c1-9(2)13(16)11-7-6-10(8-12(11)15)14(3,4)5/h6-9,13,16H,1-5H3. The topological polar surface area (TPSA) is 20.2 Å². The summed E-state index contributed by atoms with van der Waals surface area (Å²) >= 11 is 3.55. The summed E-state index contributed by atoms with van der Waals surface area (Å²) in [6.45, 7) is 10.6. The van der Waals surface area contributed by atoms with Gasteiger partial charge in [-0.25, -0.2) is 0 Å². The summed E-state index contributed by atoms with van der Waals surface area (Å²) in [6.07, 6.45) is -0.400. The lowest BCUT2D eigenvalue weighted by molar-refractivity contribution is 0.126. The second-order valence-corrected chi connectivity index (χ2v) is 6.53. The summed E-state index contributed by atoms with van der Waals surface area (Å²) in [5.41, 5.74) is 2.39. The van der Waals surface area contributed by atoms with Crippen molar-refractivity contribution in [2.24, 2.45) is 5.92 Å². The largest absolute Gasteiger partial charge is 0.388 e. The molecule has 0 heterocycles. The molecule has 90 valence electrons. The van der Waals surface area contributed by atoms with Crippen LogP contribution < -0.4 is 0 Å². The van der Waals surface area contributed by atoms with Gasteiger partial charge in [-0.3, -0.25) is 0 Å². The molecule has 0 aliphatic rings. The van der Waals surface area contributed by atoms with Crippen LogP contribution in [0.4, 0.5) is 0 Å². The molecule has 0 saturated heterocycles. The number of benzene rings is 1. The van der Waals surface area contributed by atoms with Crippen molar-refractivity contribution in [3.63, 3.8) is 0 Å². The van der Waals surface area contributed by atoms with Crippen LogP contribution in [0.3, 0.4) is 0 Å². The Labute approximate surface area is 107 Å². The maximum atomic E-state index is 10.0. The van der Waals surface area contributed by atoms with Crippen LogP contribution in [0.5, 0.6) is 0 Å². The fourth-order valence-corrected chi connectivity index (χ4v) is 2.21. The van der Waals surface area contributed by atoms with Gasteiger partial charge in [0.15, 0.2) is 0 Å². The molecule has 0 fully saturated rings. The SMILES string of the molecule is CC(C)C(O)c1ccc(C(C)(C)C)cc1Br. The fourth-order valence-electron chi connectivity index (χ4n) is 1.59. The minimum Gasteiger partial charge on any atom is -0.388 e. The maximum absolute atomic E-state index is 10.0. The second kappa shape index (κ2) is 4.89. The van der Waals surface area contributed by atoms with E-state index < -0.39 is 6.10 Å². The number of hydrogen-bond donors (Lipinski definition) is 1. The molecule has 0 saturated carbocycles. The van der Waals surface area contributed by atoms with E-state index in [1.54, 1.807) is 0 Å². The zero-order valence-electron chi connectivity index (χ0n) is 10.7. The van der Waals surface area contributed by atoms with Gasteiger partial charge in [-0.05, 0) is 28.5 Å². The van der Waals surface area contributed by atoms with Crippen LogP contribution in [0.1, 0.15) is 51.8 Å². The summed E-state index contributed by atoms with van der Waals surface area (Å²) in [7, 11) is 0. The smallest absolute Gasteiger partial charge is 0.0823 e. The molecular weight excluding hydrogens is 264 g/mol. The van der Waals surface area contributed by atoms with Gasteiger partial charge < -0.3 is 5.11 Å². The highest BCUT2D eigenvalue weighted by Gasteiger charge is 2.19. The zero-order chi connectivity index (χ0) is 12.5. The third kappa shape index (κ3) is 3.08. The van der Waals surface area contributed by atoms with Gasteiger partial charge in [-0.1, -0.05) is 62.7 Å². The number of aliphatic hydroxyl groups is 1. The van der Waals surface area contributed by atoms with E-state index in [9.17, 15) is 5.11 Å². The minimum atomic E-state index is -0.400. The Morgan fingerprint density at radius 2 is 1.75 bits per heavy atom. The van der Waals surface area contributed by atoms with Gasteiger partial charge >= 0.3 is 0 Å². The first-order valence-electron chi connectivity index (χ1n) is 5.71. The summed E-state index contributed by atoms with van der Waals surface area (Å²) in [5.74, 6) is 0.233. The van der Waals surface area contributed by atoms with Crippen LogP contribution in [-0.2, 0) is 5.41 Å². The van der Waals surface area contributed by atoms with Crippen LogP contribution in [0.2, 0.25) is 0 Å². The second-order valence-electron chi connectivity index (χ2n) is 5.68. The van der Waals surface area contributed by atoms with Gasteiger partial charge in [0, 0.05) is 4.47 Å². The lowest BCUT2D eigenvalue weighted by atomic mass is 9.86. The van der Waals surface area contributed by atoms with Crippen molar-refractivity contribution in [1.82, 2.24) is 0 Å². The molecule has 16 heavy (non-hydrogen) atoms. The highest BCUT2D eigenvalue weighted by Crippen LogP contribution is 2.32. The summed E-state index contributed by atoms with van der Waals surface area (Å²) < 4.78 is 1.00. The molecular formula is C14H21BrO. The van der Waals surface area contributed by atoms with Crippen LogP contribution in [0.15, 0.2) is 22.7 Å². The van der Waals surface area contributed by atoms with Gasteiger partial charge in [-0.15, -0.1) is 0 Å². The molecule has 1 N–H and O–H groups in total. The Morgan fingerprint density at radius 1 is 1.19 bits per heavy atom. The number of halogens is 1. The van der Waals surface area contributed by atoms with E-state index in [0.717, 1.165) is 10.0 Å². The summed E-state index contributed by atoms with van der Waals surface area (Å²) in [5, 5.41) is 10.0. The lowest BCUT2D eigenvalue weighted by Crippen LogP contribution is -2.12. The number of aliphatic hydroxyl groups excluding tert-OH is 1. The molecule has 1 unspecified atom stereocenters. The first-order valence-corrected chi connectivity index (χ1v) is 6.50. The molecule has 0 radical (unpaired) electrons. The Kier molecular flexibility index (Phi) is 4.19. The van der Waals surface area contributed by atoms with E-state index in [1.165, 1.54) is 5.56 Å². The lowest BCUT2D eigenvalue weighted by Gasteiger charge is -2.22. The van der Waals surface area contributed by atoms with Gasteiger partial charge in [0.05, 0.1) is 6.10 Å². The van der Waals surface area contributed by atoms with Crippen molar-refractivity contribution in [2.45, 2.75) is 46.1 Å². The van der Waals surface area contributed by atoms with Crippen LogP contribution >= 0.6 is 15.9 Å². The van der Waals surface area contributed by atoms with Crippen LogP contribution in [0, 0.1) is 5.92 Å². The van der Waals surface area contributed by atoms with Crippen molar-refractivity contribution in [1.29, 1.82) is 0 Å². The van der Waals surface area contributed by atoms with Gasteiger partial charge in [0.2, 0.25) is 0 Å². The first-order chi connectivity index (χ1) is 7.23. The average Bonchev–Trinajstić information content (AvgIpc) is 2.15. The van der Waals surface area contributed by atoms with E-state index in [4.69, 9.17) is 0 Å². The number of rotatable bonds is 2. The van der Waals surface area contributed by atoms with E-state index in [0.29, 0.717) is 0 Å². The van der Waals surface area contributed by atoms with Gasteiger partial charge in [-0.2, -0.15) is 0 Å².